The van der Waals surface area contributed by atoms with Crippen LogP contribution in [0.15, 0.2) is 24.3 Å². The van der Waals surface area contributed by atoms with Crippen molar-refractivity contribution in [2.45, 2.75) is 19.9 Å². The van der Waals surface area contributed by atoms with E-state index in [1.54, 1.807) is 19.0 Å². The maximum absolute atomic E-state index is 11.7. The summed E-state index contributed by atoms with van der Waals surface area (Å²) in [7, 11) is 3.50. The first-order valence-electron chi connectivity index (χ1n) is 6.20. The molecular formula is C14H22N2O2. The van der Waals surface area contributed by atoms with Crippen LogP contribution in [0.1, 0.15) is 24.2 Å². The van der Waals surface area contributed by atoms with E-state index >= 15 is 0 Å². The molecule has 1 N–H and O–H groups in total. The van der Waals surface area contributed by atoms with Gasteiger partial charge in [0, 0.05) is 38.0 Å². The predicted octanol–water partition coefficient (Wildman–Crippen LogP) is 2.23. The molecule has 0 bridgehead atoms. The molecular weight excluding hydrogens is 228 g/mol. The minimum atomic E-state index is 0.0175. The number of carbonyl (C=O) groups excluding carboxylic acids is 1. The minimum absolute atomic E-state index is 0.0175. The molecule has 1 atom stereocenters. The highest BCUT2D eigenvalue weighted by atomic mass is 16.5. The Morgan fingerprint density at radius 3 is 2.44 bits per heavy atom. The van der Waals surface area contributed by atoms with Gasteiger partial charge >= 0.3 is 0 Å². The van der Waals surface area contributed by atoms with Crippen molar-refractivity contribution < 1.29 is 9.53 Å². The van der Waals surface area contributed by atoms with Gasteiger partial charge in [0.1, 0.15) is 0 Å². The Morgan fingerprint density at radius 2 is 1.94 bits per heavy atom. The van der Waals surface area contributed by atoms with Gasteiger partial charge in [0.15, 0.2) is 0 Å². The number of benzene rings is 1. The molecule has 4 nitrogen and oxygen atoms in total. The molecule has 1 aromatic carbocycles. The van der Waals surface area contributed by atoms with Gasteiger partial charge in [0.25, 0.3) is 5.91 Å². The van der Waals surface area contributed by atoms with Gasteiger partial charge in [-0.05, 0) is 38.1 Å². The fraction of sp³-hybridized carbons (Fsp3) is 0.500. The molecule has 0 saturated heterocycles. The van der Waals surface area contributed by atoms with E-state index in [0.717, 1.165) is 12.3 Å². The van der Waals surface area contributed by atoms with E-state index in [0.29, 0.717) is 12.2 Å². The summed E-state index contributed by atoms with van der Waals surface area (Å²) < 4.78 is 5.34. The van der Waals surface area contributed by atoms with Crippen molar-refractivity contribution in [1.82, 2.24) is 4.90 Å². The molecule has 18 heavy (non-hydrogen) atoms. The summed E-state index contributed by atoms with van der Waals surface area (Å²) in [6, 6.07) is 7.74. The Balaban J connectivity index is 2.57. The van der Waals surface area contributed by atoms with E-state index in [1.165, 1.54) is 0 Å². The standard InChI is InChI=1S/C14H22N2O2/c1-5-18-10-11(2)15-13-8-6-12(7-9-13)14(17)16(3)4/h6-9,11,15H,5,10H2,1-4H3. The summed E-state index contributed by atoms with van der Waals surface area (Å²) in [6.07, 6.45) is 0. The van der Waals surface area contributed by atoms with Crippen LogP contribution in [0.5, 0.6) is 0 Å². The molecule has 1 aromatic rings. The minimum Gasteiger partial charge on any atom is -0.380 e. The Labute approximate surface area is 109 Å². The molecule has 1 rings (SSSR count). The number of anilines is 1. The van der Waals surface area contributed by atoms with Gasteiger partial charge in [0.2, 0.25) is 0 Å². The second-order valence-electron chi connectivity index (χ2n) is 4.48. The maximum atomic E-state index is 11.7. The molecule has 1 unspecified atom stereocenters. The molecule has 4 heteroatoms. The monoisotopic (exact) mass is 250 g/mol. The van der Waals surface area contributed by atoms with Gasteiger partial charge < -0.3 is 15.0 Å². The third-order valence-electron chi connectivity index (χ3n) is 2.52. The number of rotatable bonds is 6. The molecule has 0 aliphatic carbocycles. The summed E-state index contributed by atoms with van der Waals surface area (Å²) in [5.74, 6) is 0.0175. The van der Waals surface area contributed by atoms with Crippen LogP contribution in [-0.2, 0) is 4.74 Å². The van der Waals surface area contributed by atoms with Crippen LogP contribution in [0.2, 0.25) is 0 Å². The van der Waals surface area contributed by atoms with E-state index in [2.05, 4.69) is 12.2 Å². The SMILES string of the molecule is CCOCC(C)Nc1ccc(C(=O)N(C)C)cc1. The zero-order valence-electron chi connectivity index (χ0n) is 11.6. The maximum Gasteiger partial charge on any atom is 0.253 e. The summed E-state index contributed by atoms with van der Waals surface area (Å²) in [4.78, 5) is 13.3. The van der Waals surface area contributed by atoms with E-state index in [4.69, 9.17) is 4.74 Å². The van der Waals surface area contributed by atoms with Crippen molar-refractivity contribution in [2.75, 3.05) is 32.6 Å². The van der Waals surface area contributed by atoms with Crippen LogP contribution in [-0.4, -0.2) is 44.2 Å². The zero-order valence-corrected chi connectivity index (χ0v) is 11.6. The predicted molar refractivity (Wildman–Crippen MR) is 74.0 cm³/mol. The number of amides is 1. The third kappa shape index (κ3) is 4.37. The van der Waals surface area contributed by atoms with E-state index in [-0.39, 0.29) is 11.9 Å². The number of carbonyl (C=O) groups is 1. The van der Waals surface area contributed by atoms with Crippen LogP contribution in [0.4, 0.5) is 5.69 Å². The highest BCUT2D eigenvalue weighted by Gasteiger charge is 2.07. The molecule has 0 spiro atoms. The molecule has 0 radical (unpaired) electrons. The van der Waals surface area contributed by atoms with Gasteiger partial charge in [-0.3, -0.25) is 4.79 Å². The van der Waals surface area contributed by atoms with Crippen molar-refractivity contribution in [3.05, 3.63) is 29.8 Å². The van der Waals surface area contributed by atoms with E-state index < -0.39 is 0 Å². The lowest BCUT2D eigenvalue weighted by atomic mass is 10.2. The molecule has 0 aliphatic rings. The normalized spacial score (nSPS) is 12.0. The number of hydrogen-bond acceptors (Lipinski definition) is 3. The summed E-state index contributed by atoms with van der Waals surface area (Å²) in [5.41, 5.74) is 1.69. The second-order valence-corrected chi connectivity index (χ2v) is 4.48. The highest BCUT2D eigenvalue weighted by molar-refractivity contribution is 5.94. The number of hydrogen-bond donors (Lipinski definition) is 1. The topological polar surface area (TPSA) is 41.6 Å². The molecule has 0 heterocycles. The lowest BCUT2D eigenvalue weighted by molar-refractivity contribution is 0.0827. The molecule has 0 fully saturated rings. The van der Waals surface area contributed by atoms with Gasteiger partial charge in [-0.1, -0.05) is 0 Å². The first-order valence-corrected chi connectivity index (χ1v) is 6.20. The van der Waals surface area contributed by atoms with Gasteiger partial charge in [-0.25, -0.2) is 0 Å². The summed E-state index contributed by atoms with van der Waals surface area (Å²) in [5, 5.41) is 3.32. The molecule has 0 aromatic heterocycles. The molecule has 100 valence electrons. The number of nitrogens with zero attached hydrogens (tertiary/aromatic N) is 1. The first-order chi connectivity index (χ1) is 8.54. The van der Waals surface area contributed by atoms with E-state index in [9.17, 15) is 4.79 Å². The third-order valence-corrected chi connectivity index (χ3v) is 2.52. The number of ether oxygens (including phenoxy) is 1. The number of nitrogens with one attached hydrogen (secondary N) is 1. The lowest BCUT2D eigenvalue weighted by Crippen LogP contribution is -2.23. The van der Waals surface area contributed by atoms with Crippen LogP contribution in [0.3, 0.4) is 0 Å². The fourth-order valence-electron chi connectivity index (χ4n) is 1.59. The van der Waals surface area contributed by atoms with Crippen LogP contribution >= 0.6 is 0 Å². The quantitative estimate of drug-likeness (QED) is 0.841. The van der Waals surface area contributed by atoms with Gasteiger partial charge in [-0.15, -0.1) is 0 Å². The Morgan fingerprint density at radius 1 is 1.33 bits per heavy atom. The smallest absolute Gasteiger partial charge is 0.253 e. The van der Waals surface area contributed by atoms with Gasteiger partial charge in [-0.2, -0.15) is 0 Å². The largest absolute Gasteiger partial charge is 0.380 e. The molecule has 0 aliphatic heterocycles. The Hall–Kier alpha value is -1.55. The summed E-state index contributed by atoms with van der Waals surface area (Å²) >= 11 is 0. The first kappa shape index (κ1) is 14.5. The van der Waals surface area contributed by atoms with Crippen molar-refractivity contribution in [2.24, 2.45) is 0 Å². The van der Waals surface area contributed by atoms with Crippen molar-refractivity contribution in [3.63, 3.8) is 0 Å². The highest BCUT2D eigenvalue weighted by Crippen LogP contribution is 2.12. The van der Waals surface area contributed by atoms with Crippen molar-refractivity contribution in [1.29, 1.82) is 0 Å². The average Bonchev–Trinajstić information content (AvgIpc) is 2.36. The summed E-state index contributed by atoms with van der Waals surface area (Å²) in [6.45, 7) is 5.44. The van der Waals surface area contributed by atoms with Crippen LogP contribution < -0.4 is 5.32 Å². The van der Waals surface area contributed by atoms with Gasteiger partial charge in [0.05, 0.1) is 6.61 Å². The fourth-order valence-corrected chi connectivity index (χ4v) is 1.59. The average molecular weight is 250 g/mol. The Bertz CT molecular complexity index is 374. The van der Waals surface area contributed by atoms with Crippen molar-refractivity contribution >= 4 is 11.6 Å². The molecule has 0 saturated carbocycles. The second kappa shape index (κ2) is 7.01. The van der Waals surface area contributed by atoms with Crippen LogP contribution in [0.25, 0.3) is 0 Å². The zero-order chi connectivity index (χ0) is 13.5. The van der Waals surface area contributed by atoms with E-state index in [1.807, 2.05) is 31.2 Å². The van der Waals surface area contributed by atoms with Crippen LogP contribution in [0, 0.1) is 0 Å². The molecule has 1 amide bonds. The lowest BCUT2D eigenvalue weighted by Gasteiger charge is -2.15. The van der Waals surface area contributed by atoms with Crippen molar-refractivity contribution in [3.8, 4) is 0 Å². The Kier molecular flexibility index (Phi) is 5.65.